The number of nitriles is 1. The average Bonchev–Trinajstić information content (AvgIpc) is 3.56. The molecule has 5 aliphatic heterocycles. The first-order valence-electron chi connectivity index (χ1n) is 19.2. The Morgan fingerprint density at radius 2 is 1.50 bits per heavy atom. The highest BCUT2D eigenvalue weighted by Crippen LogP contribution is 2.47. The molecule has 9 rings (SSSR count). The number of fused-ring (bicyclic) bond motifs is 2. The highest BCUT2D eigenvalue weighted by molar-refractivity contribution is 6.32. The van der Waals surface area contributed by atoms with Crippen LogP contribution >= 0.6 is 11.6 Å². The third-order valence-corrected chi connectivity index (χ3v) is 12.4. The lowest BCUT2D eigenvalue weighted by molar-refractivity contribution is -0.136. The number of carbonyl (C=O) groups excluding carboxylic acids is 6. The van der Waals surface area contributed by atoms with Gasteiger partial charge in [-0.05, 0) is 97.6 Å². The number of nitrogens with one attached hydrogen (secondary N) is 1. The van der Waals surface area contributed by atoms with Crippen LogP contribution in [-0.2, 0) is 24.6 Å². The first kappa shape index (κ1) is 37.1. The minimum absolute atomic E-state index is 0.00910. The first-order chi connectivity index (χ1) is 27.8. The standard InChI is InChI=1S/C44H38ClN7O6/c1-44(2)34-17-27(6-12-36(34)51(43(44)58)31-9-5-28(20-46)35(45)19-31)26-3-7-29(8-4-26)50-22-25(23-50)21-49-16-15-48(24-39(49)54)30-10-11-32-33(18-30)42(57)52(41(32)56)37-13-14-38(53)47-40(37)55/h3-12,17-19,25,37H,13-16,21-24H2,1-2H3,(H,47,53,55). The summed E-state index contributed by atoms with van der Waals surface area (Å²) in [6, 6.07) is 25.4. The van der Waals surface area contributed by atoms with Crippen molar-refractivity contribution in [2.24, 2.45) is 5.92 Å². The number of halogens is 1. The van der Waals surface area contributed by atoms with E-state index in [1.807, 2.05) is 35.8 Å². The van der Waals surface area contributed by atoms with Gasteiger partial charge in [0.2, 0.25) is 23.6 Å². The van der Waals surface area contributed by atoms with E-state index in [1.165, 1.54) is 0 Å². The Balaban J connectivity index is 0.801. The van der Waals surface area contributed by atoms with E-state index in [2.05, 4.69) is 46.6 Å². The molecular weight excluding hydrogens is 758 g/mol. The van der Waals surface area contributed by atoms with Crippen molar-refractivity contribution in [2.75, 3.05) is 54.0 Å². The second kappa shape index (κ2) is 13.8. The second-order valence-electron chi connectivity index (χ2n) is 16.0. The van der Waals surface area contributed by atoms with E-state index in [1.54, 1.807) is 41.3 Å². The van der Waals surface area contributed by atoms with Gasteiger partial charge in [0.15, 0.2) is 0 Å². The molecule has 14 heteroatoms. The molecule has 0 bridgehead atoms. The third kappa shape index (κ3) is 6.06. The van der Waals surface area contributed by atoms with Crippen LogP contribution in [0.1, 0.15) is 58.5 Å². The predicted molar refractivity (Wildman–Crippen MR) is 216 cm³/mol. The fourth-order valence-corrected chi connectivity index (χ4v) is 8.97. The molecule has 4 aromatic carbocycles. The summed E-state index contributed by atoms with van der Waals surface area (Å²) in [5.41, 5.74) is 6.09. The van der Waals surface area contributed by atoms with Crippen LogP contribution in [0.25, 0.3) is 11.1 Å². The van der Waals surface area contributed by atoms with E-state index in [9.17, 15) is 34.0 Å². The SMILES string of the molecule is CC1(C)C(=O)N(c2ccc(C#N)c(Cl)c2)c2ccc(-c3ccc(N4CC(CN5CCN(c6ccc7c(c6)C(=O)N(C6CCC(=O)NC6=O)C7=O)CC5=O)C4)cc3)cc21. The van der Waals surface area contributed by atoms with E-state index in [4.69, 9.17) is 11.6 Å². The molecule has 0 saturated carbocycles. The number of benzene rings is 4. The molecule has 0 radical (unpaired) electrons. The lowest BCUT2D eigenvalue weighted by Gasteiger charge is -2.45. The summed E-state index contributed by atoms with van der Waals surface area (Å²) >= 11 is 6.32. The number of piperidine rings is 1. The molecule has 0 spiro atoms. The molecule has 5 aliphatic rings. The molecule has 292 valence electrons. The second-order valence-corrected chi connectivity index (χ2v) is 16.4. The smallest absolute Gasteiger partial charge is 0.262 e. The van der Waals surface area contributed by atoms with Crippen molar-refractivity contribution < 1.29 is 28.8 Å². The lowest BCUT2D eigenvalue weighted by Crippen LogP contribution is -2.57. The molecule has 4 aromatic rings. The summed E-state index contributed by atoms with van der Waals surface area (Å²) in [7, 11) is 0. The summed E-state index contributed by atoms with van der Waals surface area (Å²) in [6.45, 7) is 7.37. The molecule has 0 aromatic heterocycles. The van der Waals surface area contributed by atoms with E-state index >= 15 is 0 Å². The molecule has 13 nitrogen and oxygen atoms in total. The molecule has 58 heavy (non-hydrogen) atoms. The number of hydrogen-bond acceptors (Lipinski definition) is 9. The highest BCUT2D eigenvalue weighted by Gasteiger charge is 2.46. The van der Waals surface area contributed by atoms with Crippen molar-refractivity contribution in [2.45, 2.75) is 38.1 Å². The lowest BCUT2D eigenvalue weighted by atomic mass is 9.84. The van der Waals surface area contributed by atoms with Gasteiger partial charge in [0, 0.05) is 56.4 Å². The van der Waals surface area contributed by atoms with Gasteiger partial charge in [-0.25, -0.2) is 0 Å². The van der Waals surface area contributed by atoms with E-state index in [0.29, 0.717) is 47.5 Å². The molecule has 0 aliphatic carbocycles. The Hall–Kier alpha value is -6.52. The molecule has 5 heterocycles. The zero-order valence-corrected chi connectivity index (χ0v) is 32.6. The van der Waals surface area contributed by atoms with Gasteiger partial charge in [-0.15, -0.1) is 0 Å². The van der Waals surface area contributed by atoms with Gasteiger partial charge in [-0.1, -0.05) is 29.8 Å². The van der Waals surface area contributed by atoms with Crippen LogP contribution in [0.4, 0.5) is 22.7 Å². The van der Waals surface area contributed by atoms with E-state index in [-0.39, 0.29) is 42.3 Å². The average molecular weight is 796 g/mol. The topological polar surface area (TPSA) is 154 Å². The summed E-state index contributed by atoms with van der Waals surface area (Å²) in [4.78, 5) is 86.2. The van der Waals surface area contributed by atoms with Crippen molar-refractivity contribution in [1.82, 2.24) is 15.1 Å². The summed E-state index contributed by atoms with van der Waals surface area (Å²) in [5.74, 6) is -1.97. The predicted octanol–water partition coefficient (Wildman–Crippen LogP) is 5.02. The van der Waals surface area contributed by atoms with E-state index in [0.717, 1.165) is 46.1 Å². The Morgan fingerprint density at radius 1 is 0.793 bits per heavy atom. The van der Waals surface area contributed by atoms with Crippen LogP contribution in [0, 0.1) is 17.2 Å². The number of hydrogen-bond donors (Lipinski definition) is 1. The van der Waals surface area contributed by atoms with Crippen molar-refractivity contribution in [3.63, 3.8) is 0 Å². The maximum atomic E-state index is 13.7. The number of carbonyl (C=O) groups is 6. The van der Waals surface area contributed by atoms with Gasteiger partial charge in [0.05, 0.1) is 45.0 Å². The van der Waals surface area contributed by atoms with Gasteiger partial charge in [-0.3, -0.25) is 43.9 Å². The fraction of sp³-hybridized carbons (Fsp3) is 0.295. The van der Waals surface area contributed by atoms with Gasteiger partial charge in [-0.2, -0.15) is 5.26 Å². The van der Waals surface area contributed by atoms with Crippen LogP contribution in [0.3, 0.4) is 0 Å². The van der Waals surface area contributed by atoms with Gasteiger partial charge in [0.1, 0.15) is 12.1 Å². The molecule has 1 unspecified atom stereocenters. The van der Waals surface area contributed by atoms with Crippen LogP contribution in [-0.4, -0.2) is 90.6 Å². The molecular formula is C44H38ClN7O6. The minimum atomic E-state index is -1.03. The van der Waals surface area contributed by atoms with Crippen molar-refractivity contribution in [1.29, 1.82) is 5.26 Å². The van der Waals surface area contributed by atoms with Crippen LogP contribution in [0.2, 0.25) is 5.02 Å². The van der Waals surface area contributed by atoms with Crippen molar-refractivity contribution >= 4 is 69.8 Å². The van der Waals surface area contributed by atoms with Crippen LogP contribution < -0.4 is 20.0 Å². The number of anilines is 4. The normalized spacial score (nSPS) is 20.3. The fourth-order valence-electron chi connectivity index (χ4n) is 8.76. The maximum Gasteiger partial charge on any atom is 0.262 e. The molecule has 6 amide bonds. The van der Waals surface area contributed by atoms with Gasteiger partial charge < -0.3 is 14.7 Å². The number of piperazine rings is 1. The zero-order chi connectivity index (χ0) is 40.6. The number of imide groups is 2. The van der Waals surface area contributed by atoms with Crippen LogP contribution in [0.15, 0.2) is 78.9 Å². The van der Waals surface area contributed by atoms with Gasteiger partial charge >= 0.3 is 0 Å². The molecule has 3 saturated heterocycles. The summed E-state index contributed by atoms with van der Waals surface area (Å²) in [6.07, 6.45) is 0.138. The third-order valence-electron chi connectivity index (χ3n) is 12.1. The monoisotopic (exact) mass is 795 g/mol. The molecule has 1 atom stereocenters. The summed E-state index contributed by atoms with van der Waals surface area (Å²) < 4.78 is 0. The quantitative estimate of drug-likeness (QED) is 0.254. The van der Waals surface area contributed by atoms with E-state index < -0.39 is 35.1 Å². The largest absolute Gasteiger partial charge is 0.371 e. The first-order valence-corrected chi connectivity index (χ1v) is 19.6. The highest BCUT2D eigenvalue weighted by atomic mass is 35.5. The van der Waals surface area contributed by atoms with Gasteiger partial charge in [0.25, 0.3) is 11.8 Å². The number of amides is 6. The molecule has 3 fully saturated rings. The Bertz CT molecular complexity index is 2520. The van der Waals surface area contributed by atoms with Crippen molar-refractivity contribution in [3.05, 3.63) is 106 Å². The Kier molecular flexibility index (Phi) is 8.85. The van der Waals surface area contributed by atoms with Crippen LogP contribution in [0.5, 0.6) is 0 Å². The maximum absolute atomic E-state index is 13.7. The summed E-state index contributed by atoms with van der Waals surface area (Å²) in [5, 5.41) is 11.8. The Labute approximate surface area is 339 Å². The Morgan fingerprint density at radius 3 is 2.21 bits per heavy atom. The zero-order valence-electron chi connectivity index (χ0n) is 31.8. The minimum Gasteiger partial charge on any atom is -0.371 e. The number of rotatable bonds is 7. The molecule has 1 N–H and O–H groups in total. The number of nitrogens with zero attached hydrogens (tertiary/aromatic N) is 6. The van der Waals surface area contributed by atoms with Crippen molar-refractivity contribution in [3.8, 4) is 17.2 Å².